The molecule has 0 aromatic carbocycles. The van der Waals surface area contributed by atoms with E-state index in [2.05, 4.69) is 16.5 Å². The van der Waals surface area contributed by atoms with Crippen LogP contribution < -0.4 is 0 Å². The Labute approximate surface area is 129 Å². The van der Waals surface area contributed by atoms with Gasteiger partial charge in [-0.2, -0.15) is 0 Å². The quantitative estimate of drug-likeness (QED) is 0.785. The topological polar surface area (TPSA) is 66.4 Å². The maximum Gasteiger partial charge on any atom is 0.274 e. The van der Waals surface area contributed by atoms with E-state index < -0.39 is 5.41 Å². The first-order chi connectivity index (χ1) is 10.7. The van der Waals surface area contributed by atoms with E-state index >= 15 is 0 Å². The number of piperidine rings is 1. The van der Waals surface area contributed by atoms with Gasteiger partial charge in [-0.15, -0.1) is 6.58 Å². The Morgan fingerprint density at radius 3 is 2.95 bits per heavy atom. The highest BCUT2D eigenvalue weighted by atomic mass is 16.2. The van der Waals surface area contributed by atoms with Gasteiger partial charge in [0.2, 0.25) is 5.91 Å². The van der Waals surface area contributed by atoms with Crippen LogP contribution in [0, 0.1) is 5.41 Å². The first-order valence-corrected chi connectivity index (χ1v) is 7.62. The molecule has 0 aliphatic carbocycles. The lowest BCUT2D eigenvalue weighted by molar-refractivity contribution is -0.137. The maximum atomic E-state index is 12.7. The SMILES string of the molecule is C=CCN1CCC2(CCCN(C(=O)c3cnccn3)C2)C1=O. The summed E-state index contributed by atoms with van der Waals surface area (Å²) in [6.07, 6.45) is 8.79. The van der Waals surface area contributed by atoms with Gasteiger partial charge < -0.3 is 9.80 Å². The molecule has 0 saturated carbocycles. The van der Waals surface area contributed by atoms with Crippen LogP contribution in [0.4, 0.5) is 0 Å². The van der Waals surface area contributed by atoms with Gasteiger partial charge in [0.05, 0.1) is 11.6 Å². The molecule has 0 bridgehead atoms. The number of nitrogens with zero attached hydrogens (tertiary/aromatic N) is 4. The molecule has 1 aromatic rings. The van der Waals surface area contributed by atoms with E-state index in [0.29, 0.717) is 25.3 Å². The average molecular weight is 300 g/mol. The van der Waals surface area contributed by atoms with Crippen LogP contribution >= 0.6 is 0 Å². The van der Waals surface area contributed by atoms with Crippen molar-refractivity contribution in [3.05, 3.63) is 36.9 Å². The van der Waals surface area contributed by atoms with Gasteiger partial charge >= 0.3 is 0 Å². The first-order valence-electron chi connectivity index (χ1n) is 7.62. The van der Waals surface area contributed by atoms with Crippen LogP contribution in [0.1, 0.15) is 29.8 Å². The number of hydrogen-bond acceptors (Lipinski definition) is 4. The zero-order valence-corrected chi connectivity index (χ0v) is 12.6. The average Bonchev–Trinajstić information content (AvgIpc) is 2.85. The summed E-state index contributed by atoms with van der Waals surface area (Å²) in [5, 5.41) is 0. The molecule has 2 aliphatic rings. The van der Waals surface area contributed by atoms with E-state index in [1.54, 1.807) is 17.2 Å². The van der Waals surface area contributed by atoms with Crippen molar-refractivity contribution in [2.45, 2.75) is 19.3 Å². The van der Waals surface area contributed by atoms with Crippen LogP contribution in [0.5, 0.6) is 0 Å². The molecular weight excluding hydrogens is 280 g/mol. The summed E-state index contributed by atoms with van der Waals surface area (Å²) >= 11 is 0. The molecule has 3 heterocycles. The van der Waals surface area contributed by atoms with Gasteiger partial charge in [0.15, 0.2) is 0 Å². The highest BCUT2D eigenvalue weighted by molar-refractivity contribution is 5.93. The van der Waals surface area contributed by atoms with E-state index in [4.69, 9.17) is 0 Å². The fourth-order valence-corrected chi connectivity index (χ4v) is 3.48. The summed E-state index contributed by atoms with van der Waals surface area (Å²) in [5.41, 5.74) is -0.0768. The molecule has 1 unspecified atom stereocenters. The van der Waals surface area contributed by atoms with Crippen molar-refractivity contribution in [1.29, 1.82) is 0 Å². The van der Waals surface area contributed by atoms with Crippen LogP contribution in [0.3, 0.4) is 0 Å². The molecule has 2 amide bonds. The number of carbonyl (C=O) groups excluding carboxylic acids is 2. The Bertz CT molecular complexity index is 589. The molecule has 2 aliphatic heterocycles. The van der Waals surface area contributed by atoms with Crippen LogP contribution in [-0.4, -0.2) is 57.8 Å². The van der Waals surface area contributed by atoms with Gasteiger partial charge in [0.1, 0.15) is 5.69 Å². The largest absolute Gasteiger partial charge is 0.338 e. The third-order valence-corrected chi connectivity index (χ3v) is 4.60. The second-order valence-corrected chi connectivity index (χ2v) is 5.99. The van der Waals surface area contributed by atoms with Gasteiger partial charge in [-0.05, 0) is 19.3 Å². The van der Waals surface area contributed by atoms with Gasteiger partial charge in [-0.25, -0.2) is 4.98 Å². The van der Waals surface area contributed by atoms with E-state index in [1.165, 1.54) is 12.4 Å². The van der Waals surface area contributed by atoms with Crippen molar-refractivity contribution >= 4 is 11.8 Å². The maximum absolute atomic E-state index is 12.7. The molecule has 1 spiro atoms. The highest BCUT2D eigenvalue weighted by Gasteiger charge is 2.49. The van der Waals surface area contributed by atoms with Crippen molar-refractivity contribution in [3.8, 4) is 0 Å². The minimum atomic E-state index is -0.418. The Morgan fingerprint density at radius 2 is 2.23 bits per heavy atom. The monoisotopic (exact) mass is 300 g/mol. The number of aromatic nitrogens is 2. The summed E-state index contributed by atoms with van der Waals surface area (Å²) in [6, 6.07) is 0. The van der Waals surface area contributed by atoms with Crippen molar-refractivity contribution in [2.24, 2.45) is 5.41 Å². The third kappa shape index (κ3) is 2.49. The second-order valence-electron chi connectivity index (χ2n) is 5.99. The normalized spacial score (nSPS) is 24.8. The molecule has 3 rings (SSSR count). The zero-order valence-electron chi connectivity index (χ0n) is 12.6. The minimum Gasteiger partial charge on any atom is -0.338 e. The molecule has 2 fully saturated rings. The predicted molar refractivity (Wildman–Crippen MR) is 81.0 cm³/mol. The number of hydrogen-bond donors (Lipinski definition) is 0. The minimum absolute atomic E-state index is 0.137. The van der Waals surface area contributed by atoms with Crippen molar-refractivity contribution in [2.75, 3.05) is 26.2 Å². The zero-order chi connectivity index (χ0) is 15.6. The standard InChI is InChI=1S/C16H20N4O2/c1-2-8-19-10-5-16(15(19)22)4-3-9-20(12-16)14(21)13-11-17-6-7-18-13/h2,6-7,11H,1,3-5,8-10,12H2. The van der Waals surface area contributed by atoms with Gasteiger partial charge in [0, 0.05) is 38.6 Å². The fraction of sp³-hybridized carbons (Fsp3) is 0.500. The lowest BCUT2D eigenvalue weighted by atomic mass is 9.78. The summed E-state index contributed by atoms with van der Waals surface area (Å²) in [5.74, 6) is 0.0196. The Kier molecular flexibility index (Phi) is 3.92. The number of rotatable bonds is 3. The van der Waals surface area contributed by atoms with Gasteiger partial charge in [-0.3, -0.25) is 14.6 Å². The van der Waals surface area contributed by atoms with Crippen molar-refractivity contribution in [1.82, 2.24) is 19.8 Å². The van der Waals surface area contributed by atoms with E-state index in [0.717, 1.165) is 25.8 Å². The third-order valence-electron chi connectivity index (χ3n) is 4.60. The van der Waals surface area contributed by atoms with Gasteiger partial charge in [-0.1, -0.05) is 6.08 Å². The molecule has 1 atom stereocenters. The Balaban J connectivity index is 1.76. The van der Waals surface area contributed by atoms with Crippen molar-refractivity contribution < 1.29 is 9.59 Å². The molecule has 2 saturated heterocycles. The summed E-state index contributed by atoms with van der Waals surface area (Å²) < 4.78 is 0. The van der Waals surface area contributed by atoms with Crippen LogP contribution in [0.2, 0.25) is 0 Å². The smallest absolute Gasteiger partial charge is 0.274 e. The molecule has 6 nitrogen and oxygen atoms in total. The van der Waals surface area contributed by atoms with E-state index in [-0.39, 0.29) is 11.8 Å². The number of amides is 2. The highest BCUT2D eigenvalue weighted by Crippen LogP contribution is 2.40. The predicted octanol–water partition coefficient (Wildman–Crippen LogP) is 1.12. The van der Waals surface area contributed by atoms with Crippen molar-refractivity contribution in [3.63, 3.8) is 0 Å². The lowest BCUT2D eigenvalue weighted by Crippen LogP contribution is -2.50. The summed E-state index contributed by atoms with van der Waals surface area (Å²) in [7, 11) is 0. The molecule has 116 valence electrons. The summed E-state index contributed by atoms with van der Waals surface area (Å²) in [4.78, 5) is 36.8. The Hall–Kier alpha value is -2.24. The van der Waals surface area contributed by atoms with Gasteiger partial charge in [0.25, 0.3) is 5.91 Å². The number of carbonyl (C=O) groups is 2. The van der Waals surface area contributed by atoms with E-state index in [1.807, 2.05) is 4.90 Å². The lowest BCUT2D eigenvalue weighted by Gasteiger charge is -2.38. The molecule has 0 radical (unpaired) electrons. The van der Waals surface area contributed by atoms with Crippen LogP contribution in [0.15, 0.2) is 31.2 Å². The number of likely N-dealkylation sites (tertiary alicyclic amines) is 2. The fourth-order valence-electron chi connectivity index (χ4n) is 3.48. The molecule has 0 N–H and O–H groups in total. The van der Waals surface area contributed by atoms with E-state index in [9.17, 15) is 9.59 Å². The second kappa shape index (κ2) is 5.87. The molecule has 6 heteroatoms. The summed E-state index contributed by atoms with van der Waals surface area (Å²) in [6.45, 7) is 6.19. The Morgan fingerprint density at radius 1 is 1.36 bits per heavy atom. The van der Waals surface area contributed by atoms with Crippen LogP contribution in [-0.2, 0) is 4.79 Å². The molecule has 22 heavy (non-hydrogen) atoms. The van der Waals surface area contributed by atoms with Crippen LogP contribution in [0.25, 0.3) is 0 Å². The molecular formula is C16H20N4O2. The first kappa shape index (κ1) is 14.7. The molecule has 1 aromatic heterocycles.